The molecule has 0 spiro atoms. The van der Waals surface area contributed by atoms with Gasteiger partial charge in [0, 0.05) is 0 Å². The van der Waals surface area contributed by atoms with Gasteiger partial charge in [0.15, 0.2) is 11.5 Å². The average molecular weight is 421 g/mol. The Bertz CT molecular complexity index is 1250. The Morgan fingerprint density at radius 2 is 1.93 bits per heavy atom. The van der Waals surface area contributed by atoms with Crippen LogP contribution in [-0.4, -0.2) is 16.6 Å². The number of ether oxygens (including phenoxy) is 3. The van der Waals surface area contributed by atoms with Crippen molar-refractivity contribution in [3.8, 4) is 29.1 Å². The van der Waals surface area contributed by atoms with Gasteiger partial charge >= 0.3 is 0 Å². The molecule has 0 radical (unpaired) electrons. The summed E-state index contributed by atoms with van der Waals surface area (Å²) in [4.78, 5) is 0. The van der Waals surface area contributed by atoms with Gasteiger partial charge in [-0.3, -0.25) is 0 Å². The van der Waals surface area contributed by atoms with E-state index in [4.69, 9.17) is 31.5 Å². The molecule has 1 atom stereocenters. The Balaban J connectivity index is 1.74. The summed E-state index contributed by atoms with van der Waals surface area (Å²) in [6, 6.07) is 13.7. The van der Waals surface area contributed by atoms with Crippen LogP contribution in [0, 0.1) is 25.2 Å². The largest absolute Gasteiger partial charge is 0.454 e. The van der Waals surface area contributed by atoms with E-state index in [9.17, 15) is 5.26 Å². The van der Waals surface area contributed by atoms with Crippen LogP contribution in [0.2, 0.25) is 5.02 Å². The smallest absolute Gasteiger partial charge is 0.231 e. The van der Waals surface area contributed by atoms with Crippen molar-refractivity contribution in [2.24, 2.45) is 5.73 Å². The number of allylic oxidation sites excluding steroid dienone is 1. The van der Waals surface area contributed by atoms with Crippen molar-refractivity contribution in [1.82, 2.24) is 9.78 Å². The number of fused-ring (bicyclic) bond motifs is 2. The van der Waals surface area contributed by atoms with Gasteiger partial charge in [0.25, 0.3) is 0 Å². The molecule has 0 aliphatic carbocycles. The normalized spacial score (nSPS) is 16.8. The zero-order valence-electron chi connectivity index (χ0n) is 16.3. The number of hydrogen-bond donors (Lipinski definition) is 1. The highest BCUT2D eigenvalue weighted by Crippen LogP contribution is 2.50. The summed E-state index contributed by atoms with van der Waals surface area (Å²) in [5.41, 5.74) is 10.5. The molecule has 8 heteroatoms. The van der Waals surface area contributed by atoms with Crippen molar-refractivity contribution < 1.29 is 14.2 Å². The van der Waals surface area contributed by atoms with Crippen LogP contribution >= 0.6 is 11.6 Å². The predicted octanol–water partition coefficient (Wildman–Crippen LogP) is 4.09. The van der Waals surface area contributed by atoms with Crippen LogP contribution < -0.4 is 19.9 Å². The van der Waals surface area contributed by atoms with Gasteiger partial charge in [-0.2, -0.15) is 10.4 Å². The number of benzene rings is 2. The Labute approximate surface area is 177 Å². The van der Waals surface area contributed by atoms with Gasteiger partial charge in [-0.1, -0.05) is 35.4 Å². The van der Waals surface area contributed by atoms with Gasteiger partial charge in [0.1, 0.15) is 11.6 Å². The van der Waals surface area contributed by atoms with E-state index < -0.39 is 5.92 Å². The summed E-state index contributed by atoms with van der Waals surface area (Å²) >= 11 is 6.67. The third kappa shape index (κ3) is 2.61. The maximum Gasteiger partial charge on any atom is 0.231 e. The number of halogens is 1. The molecule has 1 aromatic heterocycles. The van der Waals surface area contributed by atoms with Gasteiger partial charge < -0.3 is 19.9 Å². The summed E-state index contributed by atoms with van der Waals surface area (Å²) in [6.45, 7) is 3.99. The molecule has 2 N–H and O–H groups in total. The maximum atomic E-state index is 9.85. The van der Waals surface area contributed by atoms with Crippen LogP contribution in [-0.2, 0) is 0 Å². The van der Waals surface area contributed by atoms with Crippen molar-refractivity contribution >= 4 is 11.6 Å². The molecule has 2 aliphatic heterocycles. The number of aryl methyl sites for hydroxylation is 2. The molecule has 0 fully saturated rings. The number of nitrogens with zero attached hydrogens (tertiary/aromatic N) is 3. The standard InChI is InChI=1S/C22H17ClN4O3/c1-11-3-5-13(6-4-11)27-22-17(12(2)26-27)18(15(9-24)21(25)30-22)14-7-8-16-20(19(14)23)29-10-28-16/h3-8,18H,10,25H2,1-2H3. The van der Waals surface area contributed by atoms with Crippen molar-refractivity contribution in [3.63, 3.8) is 0 Å². The third-order valence-electron chi connectivity index (χ3n) is 5.33. The first-order chi connectivity index (χ1) is 14.5. The lowest BCUT2D eigenvalue weighted by molar-refractivity contribution is 0.174. The first-order valence-corrected chi connectivity index (χ1v) is 9.69. The molecule has 1 unspecified atom stereocenters. The molecule has 0 bridgehead atoms. The second-order valence-corrected chi connectivity index (χ2v) is 7.56. The first-order valence-electron chi connectivity index (χ1n) is 9.31. The summed E-state index contributed by atoms with van der Waals surface area (Å²) in [5, 5.41) is 14.9. The number of aromatic nitrogens is 2. The topological polar surface area (TPSA) is 95.3 Å². The zero-order valence-corrected chi connectivity index (χ0v) is 17.0. The highest BCUT2D eigenvalue weighted by atomic mass is 35.5. The zero-order chi connectivity index (χ0) is 21.0. The summed E-state index contributed by atoms with van der Waals surface area (Å²) in [5.74, 6) is 0.976. The quantitative estimate of drug-likeness (QED) is 0.670. The summed E-state index contributed by atoms with van der Waals surface area (Å²) < 4.78 is 18.5. The second kappa shape index (κ2) is 6.71. The van der Waals surface area contributed by atoms with E-state index in [-0.39, 0.29) is 18.2 Å². The lowest BCUT2D eigenvalue weighted by Crippen LogP contribution is -2.22. The number of rotatable bonds is 2. The van der Waals surface area contributed by atoms with Gasteiger partial charge in [-0.15, -0.1) is 0 Å². The average Bonchev–Trinajstić information content (AvgIpc) is 3.33. The van der Waals surface area contributed by atoms with Crippen LogP contribution in [0.25, 0.3) is 5.69 Å². The van der Waals surface area contributed by atoms with E-state index in [2.05, 4.69) is 11.2 Å². The minimum Gasteiger partial charge on any atom is -0.454 e. The van der Waals surface area contributed by atoms with Crippen LogP contribution in [0.4, 0.5) is 0 Å². The van der Waals surface area contributed by atoms with Crippen LogP contribution in [0.3, 0.4) is 0 Å². The van der Waals surface area contributed by atoms with E-state index >= 15 is 0 Å². The molecule has 5 rings (SSSR count). The Morgan fingerprint density at radius 1 is 1.17 bits per heavy atom. The highest BCUT2D eigenvalue weighted by Gasteiger charge is 2.38. The number of hydrogen-bond acceptors (Lipinski definition) is 6. The van der Waals surface area contributed by atoms with Crippen molar-refractivity contribution in [1.29, 1.82) is 5.26 Å². The fourth-order valence-corrected chi connectivity index (χ4v) is 4.18. The molecule has 0 saturated carbocycles. The van der Waals surface area contributed by atoms with Crippen LogP contribution in [0.15, 0.2) is 47.9 Å². The van der Waals surface area contributed by atoms with Crippen molar-refractivity contribution in [3.05, 3.63) is 75.3 Å². The molecule has 3 aromatic rings. The maximum absolute atomic E-state index is 9.85. The molecule has 30 heavy (non-hydrogen) atoms. The van der Waals surface area contributed by atoms with Crippen molar-refractivity contribution in [2.45, 2.75) is 19.8 Å². The fraction of sp³-hybridized carbons (Fsp3) is 0.182. The number of nitrogens with two attached hydrogens (primary N) is 1. The monoisotopic (exact) mass is 420 g/mol. The molecule has 0 saturated heterocycles. The number of nitriles is 1. The summed E-state index contributed by atoms with van der Waals surface area (Å²) in [7, 11) is 0. The van der Waals surface area contributed by atoms with E-state index in [1.54, 1.807) is 10.7 Å². The van der Waals surface area contributed by atoms with Gasteiger partial charge in [-0.05, 0) is 37.6 Å². The van der Waals surface area contributed by atoms with Gasteiger partial charge in [-0.25, -0.2) is 4.68 Å². The second-order valence-electron chi connectivity index (χ2n) is 7.18. The summed E-state index contributed by atoms with van der Waals surface area (Å²) in [6.07, 6.45) is 0. The molecule has 3 heterocycles. The lowest BCUT2D eigenvalue weighted by atomic mass is 9.84. The molecule has 2 aromatic carbocycles. The van der Waals surface area contributed by atoms with Gasteiger partial charge in [0.05, 0.1) is 27.9 Å². The highest BCUT2D eigenvalue weighted by molar-refractivity contribution is 6.33. The van der Waals surface area contributed by atoms with E-state index in [0.717, 1.165) is 16.8 Å². The van der Waals surface area contributed by atoms with Crippen LogP contribution in [0.5, 0.6) is 17.4 Å². The SMILES string of the molecule is Cc1ccc(-n2nc(C)c3c2OC(N)=C(C#N)C3c2ccc3c(c2Cl)OCO3)cc1. The lowest BCUT2D eigenvalue weighted by Gasteiger charge is -2.25. The van der Waals surface area contributed by atoms with Crippen molar-refractivity contribution in [2.75, 3.05) is 6.79 Å². The van der Waals surface area contributed by atoms with E-state index in [0.29, 0.717) is 33.7 Å². The van der Waals surface area contributed by atoms with E-state index in [1.807, 2.05) is 44.2 Å². The Hall–Kier alpha value is -3.63. The Morgan fingerprint density at radius 3 is 2.67 bits per heavy atom. The Kier molecular flexibility index (Phi) is 4.12. The minimum absolute atomic E-state index is 0.0250. The van der Waals surface area contributed by atoms with E-state index in [1.165, 1.54) is 0 Å². The molecule has 0 amide bonds. The fourth-order valence-electron chi connectivity index (χ4n) is 3.86. The molecular weight excluding hydrogens is 404 g/mol. The molecular formula is C22H17ClN4O3. The molecule has 150 valence electrons. The molecule has 2 aliphatic rings. The van der Waals surface area contributed by atoms with Gasteiger partial charge in [0.2, 0.25) is 18.6 Å². The van der Waals surface area contributed by atoms with Crippen LogP contribution in [0.1, 0.15) is 28.3 Å². The predicted molar refractivity (Wildman–Crippen MR) is 110 cm³/mol. The molecule has 7 nitrogen and oxygen atoms in total. The first kappa shape index (κ1) is 18.4. The minimum atomic E-state index is -0.542. The third-order valence-corrected chi connectivity index (χ3v) is 5.72.